The first-order valence-corrected chi connectivity index (χ1v) is 8.75. The van der Waals surface area contributed by atoms with Crippen LogP contribution in [-0.4, -0.2) is 57.9 Å². The lowest BCUT2D eigenvalue weighted by molar-refractivity contribution is 0.241. The largest absolute Gasteiger partial charge is 0.493 e. The van der Waals surface area contributed by atoms with Crippen molar-refractivity contribution in [3.05, 3.63) is 22.7 Å². The lowest BCUT2D eigenvalue weighted by atomic mass is 10.2. The Bertz CT molecular complexity index is 479. The van der Waals surface area contributed by atoms with Crippen LogP contribution in [0.5, 0.6) is 11.5 Å². The van der Waals surface area contributed by atoms with E-state index in [9.17, 15) is 0 Å². The van der Waals surface area contributed by atoms with Crippen LogP contribution < -0.4 is 20.1 Å². The topological polar surface area (TPSA) is 45.8 Å². The molecule has 1 aromatic rings. The van der Waals surface area contributed by atoms with Crippen molar-refractivity contribution in [2.24, 2.45) is 0 Å². The lowest BCUT2D eigenvalue weighted by Gasteiger charge is -2.27. The molecule has 1 aliphatic heterocycles. The summed E-state index contributed by atoms with van der Waals surface area (Å²) in [6, 6.07) is 3.95. The second-order valence-corrected chi connectivity index (χ2v) is 6.13. The van der Waals surface area contributed by atoms with Gasteiger partial charge in [-0.2, -0.15) is 0 Å². The average molecular weight is 342 g/mol. The molecule has 1 aromatic carbocycles. The van der Waals surface area contributed by atoms with E-state index in [1.165, 1.54) is 0 Å². The Labute approximate surface area is 144 Å². The van der Waals surface area contributed by atoms with Crippen LogP contribution in [0.1, 0.15) is 18.9 Å². The first-order valence-electron chi connectivity index (χ1n) is 8.37. The fourth-order valence-corrected chi connectivity index (χ4v) is 2.91. The van der Waals surface area contributed by atoms with Crippen molar-refractivity contribution in [1.29, 1.82) is 0 Å². The molecule has 0 saturated carbocycles. The van der Waals surface area contributed by atoms with Crippen LogP contribution in [0.4, 0.5) is 0 Å². The molecule has 0 amide bonds. The maximum atomic E-state index is 6.34. The van der Waals surface area contributed by atoms with Crippen molar-refractivity contribution in [2.75, 3.05) is 53.0 Å². The van der Waals surface area contributed by atoms with Crippen molar-refractivity contribution in [1.82, 2.24) is 15.5 Å². The van der Waals surface area contributed by atoms with Gasteiger partial charge < -0.3 is 20.1 Å². The highest BCUT2D eigenvalue weighted by Crippen LogP contribution is 2.36. The van der Waals surface area contributed by atoms with Crippen molar-refractivity contribution in [3.63, 3.8) is 0 Å². The van der Waals surface area contributed by atoms with E-state index in [4.69, 9.17) is 21.1 Å². The van der Waals surface area contributed by atoms with Crippen LogP contribution in [-0.2, 0) is 6.54 Å². The third kappa shape index (κ3) is 5.84. The summed E-state index contributed by atoms with van der Waals surface area (Å²) in [5, 5.41) is 7.45. The summed E-state index contributed by atoms with van der Waals surface area (Å²) in [6.07, 6.45) is 0.939. The van der Waals surface area contributed by atoms with Crippen LogP contribution in [0.15, 0.2) is 12.1 Å². The second-order valence-electron chi connectivity index (χ2n) is 5.73. The average Bonchev–Trinajstić information content (AvgIpc) is 2.58. The van der Waals surface area contributed by atoms with Crippen molar-refractivity contribution in [3.8, 4) is 11.5 Å². The summed E-state index contributed by atoms with van der Waals surface area (Å²) in [5.74, 6) is 1.34. The number of halogens is 1. The Kier molecular flexibility index (Phi) is 7.95. The van der Waals surface area contributed by atoms with Gasteiger partial charge in [0.2, 0.25) is 0 Å². The number of nitrogens with zero attached hydrogens (tertiary/aromatic N) is 1. The summed E-state index contributed by atoms with van der Waals surface area (Å²) in [6.45, 7) is 9.96. The zero-order valence-corrected chi connectivity index (χ0v) is 14.9. The maximum Gasteiger partial charge on any atom is 0.179 e. The first kappa shape index (κ1) is 18.3. The number of benzene rings is 1. The van der Waals surface area contributed by atoms with Crippen LogP contribution >= 0.6 is 11.6 Å². The summed E-state index contributed by atoms with van der Waals surface area (Å²) in [5.41, 5.74) is 1.11. The van der Waals surface area contributed by atoms with E-state index < -0.39 is 0 Å². The molecule has 1 aliphatic rings. The highest BCUT2D eigenvalue weighted by molar-refractivity contribution is 6.32. The fourth-order valence-electron chi connectivity index (χ4n) is 2.62. The number of hydrogen-bond donors (Lipinski definition) is 2. The van der Waals surface area contributed by atoms with Gasteiger partial charge >= 0.3 is 0 Å². The Morgan fingerprint density at radius 3 is 2.78 bits per heavy atom. The number of hydrogen-bond acceptors (Lipinski definition) is 5. The predicted octanol–water partition coefficient (Wildman–Crippen LogP) is 2.13. The zero-order chi connectivity index (χ0) is 16.5. The van der Waals surface area contributed by atoms with Crippen molar-refractivity contribution >= 4 is 11.6 Å². The highest BCUT2D eigenvalue weighted by Gasteiger charge is 2.12. The van der Waals surface area contributed by atoms with E-state index in [1.807, 2.05) is 12.1 Å². The SMILES string of the molecule is CCCOc1c(Cl)cc(CNCCN2CCNCC2)cc1OC. The molecule has 0 bridgehead atoms. The molecule has 6 heteroatoms. The standard InChI is InChI=1S/C17H28ClN3O2/c1-3-10-23-17-15(18)11-14(12-16(17)22-2)13-20-6-9-21-7-4-19-5-8-21/h11-12,19-20H,3-10,13H2,1-2H3. The van der Waals surface area contributed by atoms with Gasteiger partial charge in [0.15, 0.2) is 11.5 Å². The molecule has 0 atom stereocenters. The predicted molar refractivity (Wildman–Crippen MR) is 94.8 cm³/mol. The molecule has 5 nitrogen and oxygen atoms in total. The van der Waals surface area contributed by atoms with Gasteiger partial charge in [0.1, 0.15) is 0 Å². The van der Waals surface area contributed by atoms with Gasteiger partial charge in [-0.15, -0.1) is 0 Å². The van der Waals surface area contributed by atoms with E-state index in [2.05, 4.69) is 22.5 Å². The molecule has 0 aromatic heterocycles. The number of piperazine rings is 1. The van der Waals surface area contributed by atoms with Gasteiger partial charge in [-0.05, 0) is 24.1 Å². The summed E-state index contributed by atoms with van der Waals surface area (Å²) < 4.78 is 11.1. The van der Waals surface area contributed by atoms with Gasteiger partial charge in [-0.25, -0.2) is 0 Å². The Morgan fingerprint density at radius 1 is 1.30 bits per heavy atom. The maximum absolute atomic E-state index is 6.34. The fraction of sp³-hybridized carbons (Fsp3) is 0.647. The second kappa shape index (κ2) is 9.98. The van der Waals surface area contributed by atoms with Crippen molar-refractivity contribution in [2.45, 2.75) is 19.9 Å². The van der Waals surface area contributed by atoms with Gasteiger partial charge in [-0.1, -0.05) is 18.5 Å². The van der Waals surface area contributed by atoms with Crippen LogP contribution in [0.25, 0.3) is 0 Å². The summed E-state index contributed by atoms with van der Waals surface area (Å²) in [4.78, 5) is 2.47. The van der Waals surface area contributed by atoms with Gasteiger partial charge in [0.05, 0.1) is 18.7 Å². The number of rotatable bonds is 9. The minimum atomic E-state index is 0.608. The van der Waals surface area contributed by atoms with E-state index in [0.29, 0.717) is 23.1 Å². The molecule has 0 radical (unpaired) electrons. The minimum Gasteiger partial charge on any atom is -0.493 e. The summed E-state index contributed by atoms with van der Waals surface area (Å²) in [7, 11) is 1.64. The first-order chi connectivity index (χ1) is 11.2. The van der Waals surface area contributed by atoms with Gasteiger partial charge in [0.25, 0.3) is 0 Å². The number of methoxy groups -OCH3 is 1. The summed E-state index contributed by atoms with van der Waals surface area (Å²) >= 11 is 6.34. The number of ether oxygens (including phenoxy) is 2. The molecular formula is C17H28ClN3O2. The third-order valence-corrected chi connectivity index (χ3v) is 4.16. The molecule has 0 spiro atoms. The van der Waals surface area contributed by atoms with Gasteiger partial charge in [-0.3, -0.25) is 4.90 Å². The zero-order valence-electron chi connectivity index (χ0n) is 14.2. The smallest absolute Gasteiger partial charge is 0.179 e. The molecule has 1 saturated heterocycles. The third-order valence-electron chi connectivity index (χ3n) is 3.88. The van der Waals surface area contributed by atoms with E-state index in [1.54, 1.807) is 7.11 Å². The minimum absolute atomic E-state index is 0.608. The molecule has 130 valence electrons. The van der Waals surface area contributed by atoms with Gasteiger partial charge in [0, 0.05) is 45.8 Å². The molecule has 1 fully saturated rings. The molecule has 2 rings (SSSR count). The molecule has 23 heavy (non-hydrogen) atoms. The molecule has 0 aliphatic carbocycles. The van der Waals surface area contributed by atoms with E-state index >= 15 is 0 Å². The molecule has 2 N–H and O–H groups in total. The Hall–Kier alpha value is -1.01. The van der Waals surface area contributed by atoms with Crippen LogP contribution in [0.3, 0.4) is 0 Å². The lowest BCUT2D eigenvalue weighted by Crippen LogP contribution is -2.45. The van der Waals surface area contributed by atoms with Crippen LogP contribution in [0, 0.1) is 0 Å². The van der Waals surface area contributed by atoms with E-state index in [0.717, 1.165) is 57.8 Å². The quantitative estimate of drug-likeness (QED) is 0.674. The normalized spacial score (nSPS) is 15.6. The molecule has 1 heterocycles. The highest BCUT2D eigenvalue weighted by atomic mass is 35.5. The molecular weight excluding hydrogens is 314 g/mol. The van der Waals surface area contributed by atoms with Crippen molar-refractivity contribution < 1.29 is 9.47 Å². The van der Waals surface area contributed by atoms with Crippen LogP contribution in [0.2, 0.25) is 5.02 Å². The number of nitrogens with one attached hydrogen (secondary N) is 2. The molecule has 0 unspecified atom stereocenters. The monoisotopic (exact) mass is 341 g/mol. The Morgan fingerprint density at radius 2 is 2.09 bits per heavy atom. The van der Waals surface area contributed by atoms with E-state index in [-0.39, 0.29) is 0 Å². The Balaban J connectivity index is 1.83.